The van der Waals surface area contributed by atoms with Crippen molar-refractivity contribution in [2.45, 2.75) is 19.7 Å². The summed E-state index contributed by atoms with van der Waals surface area (Å²) in [6.07, 6.45) is 0. The summed E-state index contributed by atoms with van der Waals surface area (Å²) >= 11 is 5.89. The van der Waals surface area contributed by atoms with Gasteiger partial charge < -0.3 is 14.5 Å². The minimum Gasteiger partial charge on any atom is -0.494 e. The molecule has 2 rings (SSSR count). The first kappa shape index (κ1) is 14.5. The maximum absolute atomic E-state index is 12.0. The smallest absolute Gasteiger partial charge is 0.291 e. The highest BCUT2D eigenvalue weighted by Gasteiger charge is 2.11. The maximum Gasteiger partial charge on any atom is 0.291 e. The van der Waals surface area contributed by atoms with E-state index in [1.807, 2.05) is 6.92 Å². The normalized spacial score (nSPS) is 10.3. The molecule has 1 aromatic heterocycles. The van der Waals surface area contributed by atoms with Gasteiger partial charge in [0.15, 0.2) is 5.76 Å². The number of benzene rings is 1. The highest BCUT2D eigenvalue weighted by atomic mass is 35.5. The number of halogens is 1. The van der Waals surface area contributed by atoms with Crippen LogP contribution < -0.4 is 10.1 Å². The van der Waals surface area contributed by atoms with E-state index in [9.17, 15) is 4.79 Å². The molecular weight excluding hydrogens is 278 g/mol. The molecule has 1 N–H and O–H groups in total. The van der Waals surface area contributed by atoms with Crippen molar-refractivity contribution in [2.24, 2.45) is 0 Å². The van der Waals surface area contributed by atoms with Crippen LogP contribution in [0.5, 0.6) is 5.75 Å². The van der Waals surface area contributed by atoms with Gasteiger partial charge in [-0.2, -0.15) is 0 Å². The lowest BCUT2D eigenvalue weighted by molar-refractivity contribution is 0.0995. The number of anilines is 1. The third kappa shape index (κ3) is 3.33. The van der Waals surface area contributed by atoms with E-state index < -0.39 is 0 Å². The highest BCUT2D eigenvalue weighted by Crippen LogP contribution is 2.25. The number of ether oxygens (including phenoxy) is 1. The maximum atomic E-state index is 12.0. The molecule has 0 atom stereocenters. The van der Waals surface area contributed by atoms with E-state index in [-0.39, 0.29) is 11.7 Å². The number of furan rings is 1. The van der Waals surface area contributed by atoms with E-state index in [1.54, 1.807) is 37.3 Å². The molecule has 0 spiro atoms. The van der Waals surface area contributed by atoms with Gasteiger partial charge in [-0.15, -0.1) is 11.6 Å². The standard InChI is InChI=1S/C15H16ClNO3/c1-3-19-13-7-5-12(8-11(13)9-16)17-15(18)14-6-4-10(2)20-14/h4-8H,3,9H2,1-2H3,(H,17,18). The fourth-order valence-corrected chi connectivity index (χ4v) is 2.02. The van der Waals surface area contributed by atoms with Gasteiger partial charge in [-0.3, -0.25) is 4.79 Å². The summed E-state index contributed by atoms with van der Waals surface area (Å²) in [6.45, 7) is 4.27. The zero-order valence-corrected chi connectivity index (χ0v) is 12.2. The molecule has 106 valence electrons. The first-order valence-electron chi connectivity index (χ1n) is 6.33. The van der Waals surface area contributed by atoms with E-state index in [4.69, 9.17) is 20.8 Å². The molecule has 20 heavy (non-hydrogen) atoms. The summed E-state index contributed by atoms with van der Waals surface area (Å²) in [5, 5.41) is 2.77. The molecule has 0 unspecified atom stereocenters. The van der Waals surface area contributed by atoms with Gasteiger partial charge in [0.05, 0.1) is 12.5 Å². The van der Waals surface area contributed by atoms with Gasteiger partial charge in [0, 0.05) is 11.3 Å². The van der Waals surface area contributed by atoms with Gasteiger partial charge >= 0.3 is 0 Å². The monoisotopic (exact) mass is 293 g/mol. The molecule has 0 aliphatic rings. The molecule has 0 saturated heterocycles. The second-order valence-corrected chi connectivity index (χ2v) is 4.52. The second kappa shape index (κ2) is 6.48. The lowest BCUT2D eigenvalue weighted by Crippen LogP contribution is -2.11. The van der Waals surface area contributed by atoms with Crippen molar-refractivity contribution in [1.82, 2.24) is 0 Å². The molecule has 0 aliphatic heterocycles. The van der Waals surface area contributed by atoms with Gasteiger partial charge in [0.1, 0.15) is 11.5 Å². The molecule has 4 nitrogen and oxygen atoms in total. The van der Waals surface area contributed by atoms with E-state index in [0.29, 0.717) is 23.9 Å². The van der Waals surface area contributed by atoms with Crippen LogP contribution in [0.2, 0.25) is 0 Å². The van der Waals surface area contributed by atoms with Crippen LogP contribution in [0.15, 0.2) is 34.7 Å². The quantitative estimate of drug-likeness (QED) is 0.848. The van der Waals surface area contributed by atoms with Crippen molar-refractivity contribution in [3.8, 4) is 5.75 Å². The third-order valence-corrected chi connectivity index (χ3v) is 3.01. The van der Waals surface area contributed by atoms with E-state index in [0.717, 1.165) is 11.3 Å². The molecule has 2 aromatic rings. The van der Waals surface area contributed by atoms with E-state index in [1.165, 1.54) is 0 Å². The van der Waals surface area contributed by atoms with E-state index >= 15 is 0 Å². The predicted octanol–water partition coefficient (Wildman–Crippen LogP) is 3.98. The Morgan fingerprint density at radius 2 is 2.15 bits per heavy atom. The summed E-state index contributed by atoms with van der Waals surface area (Å²) < 4.78 is 10.7. The SMILES string of the molecule is CCOc1ccc(NC(=O)c2ccc(C)o2)cc1CCl. The van der Waals surface area contributed by atoms with Crippen molar-refractivity contribution in [2.75, 3.05) is 11.9 Å². The van der Waals surface area contributed by atoms with Crippen LogP contribution in [0.25, 0.3) is 0 Å². The summed E-state index contributed by atoms with van der Waals surface area (Å²) in [7, 11) is 0. The molecule has 1 aromatic carbocycles. The summed E-state index contributed by atoms with van der Waals surface area (Å²) in [5.41, 5.74) is 1.49. The topological polar surface area (TPSA) is 51.5 Å². The summed E-state index contributed by atoms with van der Waals surface area (Å²) in [6, 6.07) is 8.75. The lowest BCUT2D eigenvalue weighted by atomic mass is 10.2. The Morgan fingerprint density at radius 3 is 2.75 bits per heavy atom. The van der Waals surface area contributed by atoms with Crippen molar-refractivity contribution >= 4 is 23.2 Å². The second-order valence-electron chi connectivity index (χ2n) is 4.25. The molecule has 0 saturated carbocycles. The molecule has 1 amide bonds. The minimum atomic E-state index is -0.289. The molecule has 0 fully saturated rings. The Balaban J connectivity index is 2.15. The van der Waals surface area contributed by atoms with Crippen molar-refractivity contribution in [3.63, 3.8) is 0 Å². The van der Waals surface area contributed by atoms with Crippen LogP contribution in [0.3, 0.4) is 0 Å². The lowest BCUT2D eigenvalue weighted by Gasteiger charge is -2.10. The number of carbonyl (C=O) groups excluding carboxylic acids is 1. The average molecular weight is 294 g/mol. The number of nitrogens with one attached hydrogen (secondary N) is 1. The number of hydrogen-bond acceptors (Lipinski definition) is 3. The Bertz CT molecular complexity index is 607. The fourth-order valence-electron chi connectivity index (χ4n) is 1.81. The van der Waals surface area contributed by atoms with Crippen molar-refractivity contribution in [1.29, 1.82) is 0 Å². The first-order chi connectivity index (χ1) is 9.63. The number of aryl methyl sites for hydroxylation is 1. The number of hydrogen-bond donors (Lipinski definition) is 1. The molecule has 0 bridgehead atoms. The number of rotatable bonds is 5. The number of carbonyl (C=O) groups is 1. The minimum absolute atomic E-state index is 0.281. The fraction of sp³-hybridized carbons (Fsp3) is 0.267. The predicted molar refractivity (Wildman–Crippen MR) is 78.6 cm³/mol. The van der Waals surface area contributed by atoms with Gasteiger partial charge in [-0.1, -0.05) is 0 Å². The Labute approximate surface area is 122 Å². The zero-order valence-electron chi connectivity index (χ0n) is 11.4. The molecule has 0 radical (unpaired) electrons. The Kier molecular flexibility index (Phi) is 4.69. The van der Waals surface area contributed by atoms with Crippen LogP contribution in [-0.2, 0) is 5.88 Å². The van der Waals surface area contributed by atoms with Gasteiger partial charge in [0.25, 0.3) is 5.91 Å². The molecule has 5 heteroatoms. The average Bonchev–Trinajstić information content (AvgIpc) is 2.87. The zero-order chi connectivity index (χ0) is 14.5. The van der Waals surface area contributed by atoms with Crippen LogP contribution in [-0.4, -0.2) is 12.5 Å². The van der Waals surface area contributed by atoms with Gasteiger partial charge in [-0.25, -0.2) is 0 Å². The van der Waals surface area contributed by atoms with Crippen LogP contribution in [0.1, 0.15) is 28.8 Å². The third-order valence-electron chi connectivity index (χ3n) is 2.73. The van der Waals surface area contributed by atoms with Crippen LogP contribution in [0, 0.1) is 6.92 Å². The highest BCUT2D eigenvalue weighted by molar-refractivity contribution is 6.17. The van der Waals surface area contributed by atoms with Crippen LogP contribution >= 0.6 is 11.6 Å². The van der Waals surface area contributed by atoms with Crippen molar-refractivity contribution < 1.29 is 13.9 Å². The van der Waals surface area contributed by atoms with E-state index in [2.05, 4.69) is 5.32 Å². The number of amides is 1. The van der Waals surface area contributed by atoms with Crippen LogP contribution in [0.4, 0.5) is 5.69 Å². The molecular formula is C15H16ClNO3. The molecule has 0 aliphatic carbocycles. The Morgan fingerprint density at radius 1 is 1.35 bits per heavy atom. The Hall–Kier alpha value is -1.94. The van der Waals surface area contributed by atoms with Gasteiger partial charge in [-0.05, 0) is 44.2 Å². The van der Waals surface area contributed by atoms with Gasteiger partial charge in [0.2, 0.25) is 0 Å². The van der Waals surface area contributed by atoms with Crippen molar-refractivity contribution in [3.05, 3.63) is 47.4 Å². The molecule has 1 heterocycles. The number of alkyl halides is 1. The summed E-state index contributed by atoms with van der Waals surface area (Å²) in [4.78, 5) is 12.0. The largest absolute Gasteiger partial charge is 0.494 e. The summed E-state index contributed by atoms with van der Waals surface area (Å²) in [5.74, 6) is 1.74. The first-order valence-corrected chi connectivity index (χ1v) is 6.87.